The molecule has 7 rings (SSSR count). The van der Waals surface area contributed by atoms with Crippen molar-refractivity contribution in [3.05, 3.63) is 174 Å². The maximum atomic E-state index is 5.34. The van der Waals surface area contributed by atoms with Gasteiger partial charge in [0.25, 0.3) is 0 Å². The van der Waals surface area contributed by atoms with E-state index in [4.69, 9.17) is 9.98 Å². The summed E-state index contributed by atoms with van der Waals surface area (Å²) in [7, 11) is -0.616. The van der Waals surface area contributed by atoms with Gasteiger partial charge in [0.05, 0.1) is 12.1 Å². The zero-order chi connectivity index (χ0) is 28.8. The minimum Gasteiger partial charge on any atom is -0.364 e. The van der Waals surface area contributed by atoms with Crippen LogP contribution in [-0.2, 0) is 0 Å². The molecule has 4 unspecified atom stereocenters. The van der Waals surface area contributed by atoms with Crippen molar-refractivity contribution in [3.63, 3.8) is 0 Å². The molecule has 5 heteroatoms. The van der Waals surface area contributed by atoms with Gasteiger partial charge in [-0.1, -0.05) is 160 Å². The Kier molecular flexibility index (Phi) is 8.11. The van der Waals surface area contributed by atoms with E-state index in [0.29, 0.717) is 0 Å². The molecule has 0 aliphatic carbocycles. The average Bonchev–Trinajstić information content (AvgIpc) is 3.71. The third-order valence-electron chi connectivity index (χ3n) is 8.27. The van der Waals surface area contributed by atoms with Gasteiger partial charge in [-0.25, -0.2) is 0 Å². The molecular weight excluding hydrogens is 543 g/mol. The van der Waals surface area contributed by atoms with Crippen LogP contribution >= 0.6 is 7.92 Å². The van der Waals surface area contributed by atoms with E-state index in [9.17, 15) is 0 Å². The maximum absolute atomic E-state index is 5.34. The molecule has 4 atom stereocenters. The smallest absolute Gasteiger partial charge is 0.102 e. The minimum atomic E-state index is -0.616. The van der Waals surface area contributed by atoms with Crippen LogP contribution in [0.5, 0.6) is 0 Å². The van der Waals surface area contributed by atoms with Crippen molar-refractivity contribution in [2.24, 2.45) is 9.98 Å². The minimum absolute atomic E-state index is 0.0399. The largest absolute Gasteiger partial charge is 0.364 e. The van der Waals surface area contributed by atoms with Crippen molar-refractivity contribution in [1.82, 2.24) is 10.6 Å². The van der Waals surface area contributed by atoms with E-state index in [2.05, 4.69) is 162 Å². The summed E-state index contributed by atoms with van der Waals surface area (Å²) in [6, 6.07) is 54.0. The summed E-state index contributed by atoms with van der Waals surface area (Å²) >= 11 is 0. The monoisotopic (exact) mass is 578 g/mol. The Hall–Kier alpha value is -4.53. The maximum Gasteiger partial charge on any atom is 0.102 e. The quantitative estimate of drug-likeness (QED) is 0.176. The lowest BCUT2D eigenvalue weighted by Crippen LogP contribution is -2.30. The molecule has 2 aliphatic heterocycles. The van der Waals surface area contributed by atoms with E-state index >= 15 is 0 Å². The zero-order valence-corrected chi connectivity index (χ0v) is 24.9. The first-order valence-corrected chi connectivity index (χ1v) is 16.7. The Morgan fingerprint density at radius 1 is 0.419 bits per heavy atom. The number of amidine groups is 2. The van der Waals surface area contributed by atoms with Crippen LogP contribution in [0.15, 0.2) is 162 Å². The Morgan fingerprint density at radius 2 is 0.744 bits per heavy atom. The van der Waals surface area contributed by atoms with Gasteiger partial charge in [0.1, 0.15) is 23.8 Å². The van der Waals surface area contributed by atoms with E-state index in [1.807, 2.05) is 0 Å². The van der Waals surface area contributed by atoms with E-state index in [0.717, 1.165) is 24.0 Å². The van der Waals surface area contributed by atoms with Crippen LogP contribution < -0.4 is 15.9 Å². The highest BCUT2D eigenvalue weighted by Gasteiger charge is 2.35. The number of hydrogen-bond acceptors (Lipinski definition) is 4. The van der Waals surface area contributed by atoms with Crippen molar-refractivity contribution in [2.75, 3.05) is 12.3 Å². The molecule has 0 bridgehead atoms. The predicted molar refractivity (Wildman–Crippen MR) is 181 cm³/mol. The van der Waals surface area contributed by atoms with E-state index in [1.165, 1.54) is 27.6 Å². The summed E-state index contributed by atoms with van der Waals surface area (Å²) in [6.45, 7) is 0. The summed E-state index contributed by atoms with van der Waals surface area (Å²) in [6.07, 6.45) is 1.75. The molecule has 2 heterocycles. The highest BCUT2D eigenvalue weighted by molar-refractivity contribution is 7.67. The van der Waals surface area contributed by atoms with Gasteiger partial charge in [-0.2, -0.15) is 0 Å². The van der Waals surface area contributed by atoms with Gasteiger partial charge >= 0.3 is 0 Å². The van der Waals surface area contributed by atoms with Crippen molar-refractivity contribution in [1.29, 1.82) is 0 Å². The third-order valence-corrected chi connectivity index (χ3v) is 10.7. The molecule has 5 aromatic rings. The Balaban J connectivity index is 1.19. The SMILES string of the molecule is c1ccc(C2N=C(CP(CC3=NC(c4ccccc4)C(c4ccccc4)N3)c3ccccc3)NC2c2ccccc2)cc1. The summed E-state index contributed by atoms with van der Waals surface area (Å²) in [5, 5.41) is 9.08. The second-order valence-electron chi connectivity index (χ2n) is 11.1. The molecule has 0 amide bonds. The lowest BCUT2D eigenvalue weighted by atomic mass is 9.95. The number of nitrogens with one attached hydrogen (secondary N) is 2. The number of aliphatic imine (C=N–C) groups is 2. The van der Waals surface area contributed by atoms with Crippen LogP contribution in [0.25, 0.3) is 0 Å². The van der Waals surface area contributed by atoms with Gasteiger partial charge < -0.3 is 10.6 Å². The van der Waals surface area contributed by atoms with Crippen LogP contribution in [0.3, 0.4) is 0 Å². The molecular formula is C38H35N4P. The van der Waals surface area contributed by atoms with Crippen LogP contribution in [0.2, 0.25) is 0 Å². The molecule has 4 nitrogen and oxygen atoms in total. The number of nitrogens with zero attached hydrogens (tertiary/aromatic N) is 2. The van der Waals surface area contributed by atoms with Crippen LogP contribution in [0.4, 0.5) is 0 Å². The highest BCUT2D eigenvalue weighted by atomic mass is 31.1. The molecule has 2 aliphatic rings. The van der Waals surface area contributed by atoms with E-state index in [1.54, 1.807) is 0 Å². The number of hydrogen-bond donors (Lipinski definition) is 2. The summed E-state index contributed by atoms with van der Waals surface area (Å²) < 4.78 is 0. The van der Waals surface area contributed by atoms with Gasteiger partial charge in [-0.05, 0) is 27.6 Å². The molecule has 0 radical (unpaired) electrons. The summed E-state index contributed by atoms with van der Waals surface area (Å²) in [5.74, 6) is 2.16. The van der Waals surface area contributed by atoms with Crippen molar-refractivity contribution >= 4 is 24.9 Å². The second kappa shape index (κ2) is 12.8. The van der Waals surface area contributed by atoms with Crippen molar-refractivity contribution in [2.45, 2.75) is 24.2 Å². The summed E-state index contributed by atoms with van der Waals surface area (Å²) in [4.78, 5) is 10.7. The first kappa shape index (κ1) is 27.3. The fourth-order valence-corrected chi connectivity index (χ4v) is 8.31. The molecule has 0 fully saturated rings. The fraction of sp³-hybridized carbons (Fsp3) is 0.158. The molecule has 5 aromatic carbocycles. The predicted octanol–water partition coefficient (Wildman–Crippen LogP) is 7.76. The number of benzene rings is 5. The molecule has 2 N–H and O–H groups in total. The van der Waals surface area contributed by atoms with Crippen LogP contribution in [-0.4, -0.2) is 24.0 Å². The molecule has 0 spiro atoms. The Morgan fingerprint density at radius 3 is 1.12 bits per heavy atom. The van der Waals surface area contributed by atoms with Gasteiger partial charge in [0, 0.05) is 12.3 Å². The van der Waals surface area contributed by atoms with Crippen LogP contribution in [0.1, 0.15) is 46.4 Å². The van der Waals surface area contributed by atoms with E-state index in [-0.39, 0.29) is 24.2 Å². The van der Waals surface area contributed by atoms with E-state index < -0.39 is 7.92 Å². The Labute approximate surface area is 255 Å². The van der Waals surface area contributed by atoms with Crippen molar-refractivity contribution in [3.8, 4) is 0 Å². The fourth-order valence-electron chi connectivity index (χ4n) is 6.17. The lowest BCUT2D eigenvalue weighted by molar-refractivity contribution is 0.572. The topological polar surface area (TPSA) is 48.8 Å². The first-order chi connectivity index (χ1) is 21.3. The highest BCUT2D eigenvalue weighted by Crippen LogP contribution is 2.43. The first-order valence-electron chi connectivity index (χ1n) is 15.0. The third kappa shape index (κ3) is 6.16. The molecule has 43 heavy (non-hydrogen) atoms. The van der Waals surface area contributed by atoms with Gasteiger partial charge in [-0.15, -0.1) is 0 Å². The van der Waals surface area contributed by atoms with Gasteiger partial charge in [-0.3, -0.25) is 9.98 Å². The standard InChI is InChI=1S/C38H35N4P/c1-6-16-28(17-7-1)35-36(29-18-8-2-9-19-29)40-33(39-35)26-43(32-24-14-5-15-25-32)27-34-41-37(30-20-10-3-11-21-30)38(42-34)31-22-12-4-13-23-31/h1-25,35-38H,26-27H2,(H,39,40)(H,41,42). The molecule has 0 saturated carbocycles. The summed E-state index contributed by atoms with van der Waals surface area (Å²) in [5.41, 5.74) is 5.00. The van der Waals surface area contributed by atoms with Crippen LogP contribution in [0, 0.1) is 0 Å². The zero-order valence-electron chi connectivity index (χ0n) is 24.0. The Bertz CT molecular complexity index is 1570. The average molecular weight is 579 g/mol. The van der Waals surface area contributed by atoms with Crippen molar-refractivity contribution < 1.29 is 0 Å². The van der Waals surface area contributed by atoms with Gasteiger partial charge in [0.15, 0.2) is 0 Å². The number of rotatable bonds is 9. The normalized spacial score (nSPS) is 21.8. The van der Waals surface area contributed by atoms with Gasteiger partial charge in [0.2, 0.25) is 0 Å². The molecule has 0 saturated heterocycles. The lowest BCUT2D eigenvalue weighted by Gasteiger charge is -2.22. The molecule has 0 aromatic heterocycles. The molecule has 212 valence electrons. The second-order valence-corrected chi connectivity index (χ2v) is 13.3.